The summed E-state index contributed by atoms with van der Waals surface area (Å²) in [7, 11) is 0. The fraction of sp³-hybridized carbons (Fsp3) is 0.400. The molecule has 0 saturated heterocycles. The number of hydrogen-bond acceptors (Lipinski definition) is 3. The minimum Gasteiger partial charge on any atom is -0.481 e. The molecule has 0 fully saturated rings. The van der Waals surface area contributed by atoms with E-state index in [2.05, 4.69) is 4.98 Å². The lowest BCUT2D eigenvalue weighted by Gasteiger charge is -2.24. The maximum absolute atomic E-state index is 10.6. The van der Waals surface area contributed by atoms with Crippen molar-refractivity contribution in [1.29, 1.82) is 0 Å². The van der Waals surface area contributed by atoms with E-state index < -0.39 is 11.5 Å². The van der Waals surface area contributed by atoms with Crippen LogP contribution in [0.1, 0.15) is 24.5 Å². The Balaban J connectivity index is 3.03. The predicted octanol–water partition coefficient (Wildman–Crippen LogP) is 1.04. The average molecular weight is 194 g/mol. The molecule has 0 aromatic carbocycles. The molecule has 3 N–H and O–H groups in total. The molecule has 1 heterocycles. The molecule has 0 saturated carbocycles. The number of aryl methyl sites for hydroxylation is 1. The molecule has 0 bridgehead atoms. The topological polar surface area (TPSA) is 76.2 Å². The Hall–Kier alpha value is -1.42. The number of aliphatic carboxylic acids is 1. The highest BCUT2D eigenvalue weighted by Gasteiger charge is 2.26. The van der Waals surface area contributed by atoms with Crippen LogP contribution < -0.4 is 5.73 Å². The smallest absolute Gasteiger partial charge is 0.305 e. The third-order valence-electron chi connectivity index (χ3n) is 2.17. The molecule has 0 amide bonds. The van der Waals surface area contributed by atoms with Crippen molar-refractivity contribution < 1.29 is 9.90 Å². The van der Waals surface area contributed by atoms with Crippen LogP contribution in [0.3, 0.4) is 0 Å². The van der Waals surface area contributed by atoms with Crippen LogP contribution in [-0.4, -0.2) is 16.1 Å². The number of aromatic nitrogens is 1. The maximum atomic E-state index is 10.6. The molecule has 0 aliphatic carbocycles. The van der Waals surface area contributed by atoms with Gasteiger partial charge in [0.15, 0.2) is 0 Å². The number of carboxylic acids is 1. The van der Waals surface area contributed by atoms with Crippen molar-refractivity contribution in [3.63, 3.8) is 0 Å². The Labute approximate surface area is 82.8 Å². The molecule has 0 radical (unpaired) electrons. The van der Waals surface area contributed by atoms with Crippen molar-refractivity contribution in [3.05, 3.63) is 29.6 Å². The molecule has 14 heavy (non-hydrogen) atoms. The number of pyridine rings is 1. The van der Waals surface area contributed by atoms with Crippen molar-refractivity contribution >= 4 is 5.97 Å². The van der Waals surface area contributed by atoms with Crippen LogP contribution in [0.2, 0.25) is 0 Å². The highest BCUT2D eigenvalue weighted by Crippen LogP contribution is 2.23. The van der Waals surface area contributed by atoms with E-state index in [0.717, 1.165) is 11.1 Å². The molecule has 1 aromatic rings. The van der Waals surface area contributed by atoms with E-state index in [0.29, 0.717) is 0 Å². The zero-order valence-corrected chi connectivity index (χ0v) is 8.32. The summed E-state index contributed by atoms with van der Waals surface area (Å²) in [6.07, 6.45) is 3.19. The second-order valence-electron chi connectivity index (χ2n) is 3.68. The predicted molar refractivity (Wildman–Crippen MR) is 52.8 cm³/mol. The zero-order valence-electron chi connectivity index (χ0n) is 8.32. The van der Waals surface area contributed by atoms with E-state index in [-0.39, 0.29) is 6.42 Å². The van der Waals surface area contributed by atoms with Gasteiger partial charge in [0.1, 0.15) is 0 Å². The zero-order chi connectivity index (χ0) is 10.8. The van der Waals surface area contributed by atoms with Crippen LogP contribution in [-0.2, 0) is 10.3 Å². The van der Waals surface area contributed by atoms with Gasteiger partial charge in [-0.1, -0.05) is 0 Å². The molecule has 1 atom stereocenters. The van der Waals surface area contributed by atoms with Crippen molar-refractivity contribution in [3.8, 4) is 0 Å². The van der Waals surface area contributed by atoms with E-state index >= 15 is 0 Å². The van der Waals surface area contributed by atoms with Gasteiger partial charge < -0.3 is 10.8 Å². The second-order valence-corrected chi connectivity index (χ2v) is 3.68. The van der Waals surface area contributed by atoms with Gasteiger partial charge >= 0.3 is 5.97 Å². The Kier molecular flexibility index (Phi) is 2.86. The van der Waals surface area contributed by atoms with Gasteiger partial charge in [0.05, 0.1) is 12.0 Å². The molecule has 1 rings (SSSR count). The minimum atomic E-state index is -0.904. The molecule has 4 nitrogen and oxygen atoms in total. The van der Waals surface area contributed by atoms with Crippen LogP contribution in [0.5, 0.6) is 0 Å². The number of carbonyl (C=O) groups is 1. The quantitative estimate of drug-likeness (QED) is 0.753. The third kappa shape index (κ3) is 2.29. The summed E-state index contributed by atoms with van der Waals surface area (Å²) >= 11 is 0. The van der Waals surface area contributed by atoms with E-state index in [4.69, 9.17) is 10.8 Å². The Morgan fingerprint density at radius 3 is 2.86 bits per heavy atom. The Morgan fingerprint density at radius 1 is 1.71 bits per heavy atom. The van der Waals surface area contributed by atoms with Gasteiger partial charge in [-0.05, 0) is 31.0 Å². The maximum Gasteiger partial charge on any atom is 0.305 e. The van der Waals surface area contributed by atoms with Gasteiger partial charge in [-0.2, -0.15) is 0 Å². The van der Waals surface area contributed by atoms with Gasteiger partial charge in [-0.3, -0.25) is 9.78 Å². The SMILES string of the molecule is Cc1ccncc1C(C)(N)CC(=O)O. The lowest BCUT2D eigenvalue weighted by molar-refractivity contribution is -0.138. The lowest BCUT2D eigenvalue weighted by atomic mass is 9.88. The van der Waals surface area contributed by atoms with Crippen molar-refractivity contribution in [2.45, 2.75) is 25.8 Å². The van der Waals surface area contributed by atoms with Crippen molar-refractivity contribution in [2.75, 3.05) is 0 Å². The summed E-state index contributed by atoms with van der Waals surface area (Å²) in [5.74, 6) is -0.904. The van der Waals surface area contributed by atoms with Crippen LogP contribution in [0.25, 0.3) is 0 Å². The van der Waals surface area contributed by atoms with Gasteiger partial charge in [0, 0.05) is 12.4 Å². The molecule has 0 spiro atoms. The van der Waals surface area contributed by atoms with Crippen LogP contribution in [0, 0.1) is 6.92 Å². The first-order valence-electron chi connectivity index (χ1n) is 4.35. The van der Waals surface area contributed by atoms with Gasteiger partial charge in [-0.15, -0.1) is 0 Å². The molecular formula is C10H14N2O2. The van der Waals surface area contributed by atoms with Crippen LogP contribution in [0.15, 0.2) is 18.5 Å². The Morgan fingerprint density at radius 2 is 2.36 bits per heavy atom. The third-order valence-corrected chi connectivity index (χ3v) is 2.17. The largest absolute Gasteiger partial charge is 0.481 e. The van der Waals surface area contributed by atoms with Crippen LogP contribution >= 0.6 is 0 Å². The Bertz CT molecular complexity index is 348. The van der Waals surface area contributed by atoms with Gasteiger partial charge in [0.2, 0.25) is 0 Å². The lowest BCUT2D eigenvalue weighted by Crippen LogP contribution is -2.36. The first-order valence-corrected chi connectivity index (χ1v) is 4.35. The summed E-state index contributed by atoms with van der Waals surface area (Å²) in [5, 5.41) is 8.70. The molecule has 0 aliphatic heterocycles. The van der Waals surface area contributed by atoms with Gasteiger partial charge in [-0.25, -0.2) is 0 Å². The second kappa shape index (κ2) is 3.75. The monoisotopic (exact) mass is 194 g/mol. The minimum absolute atomic E-state index is 0.0977. The first-order chi connectivity index (χ1) is 6.43. The highest BCUT2D eigenvalue weighted by molar-refractivity contribution is 5.68. The summed E-state index contributed by atoms with van der Waals surface area (Å²) in [5.41, 5.74) is 6.81. The summed E-state index contributed by atoms with van der Waals surface area (Å²) in [6.45, 7) is 3.59. The summed E-state index contributed by atoms with van der Waals surface area (Å²) < 4.78 is 0. The summed E-state index contributed by atoms with van der Waals surface area (Å²) in [6, 6.07) is 1.82. The van der Waals surface area contributed by atoms with Crippen LogP contribution in [0.4, 0.5) is 0 Å². The number of nitrogens with zero attached hydrogens (tertiary/aromatic N) is 1. The molecule has 1 unspecified atom stereocenters. The fourth-order valence-corrected chi connectivity index (χ4v) is 1.47. The van der Waals surface area contributed by atoms with E-state index in [1.165, 1.54) is 0 Å². The van der Waals surface area contributed by atoms with E-state index in [9.17, 15) is 4.79 Å². The van der Waals surface area contributed by atoms with Crippen molar-refractivity contribution in [2.24, 2.45) is 5.73 Å². The molecule has 4 heteroatoms. The standard InChI is InChI=1S/C10H14N2O2/c1-7-3-4-12-6-8(7)10(2,11)5-9(13)14/h3-4,6H,5,11H2,1-2H3,(H,13,14). The average Bonchev–Trinajstić information content (AvgIpc) is 2.02. The number of hydrogen-bond donors (Lipinski definition) is 2. The highest BCUT2D eigenvalue weighted by atomic mass is 16.4. The summed E-state index contributed by atoms with van der Waals surface area (Å²) in [4.78, 5) is 14.5. The molecule has 76 valence electrons. The van der Waals surface area contributed by atoms with Crippen molar-refractivity contribution in [1.82, 2.24) is 4.98 Å². The number of nitrogens with two attached hydrogens (primary N) is 1. The normalized spacial score (nSPS) is 14.8. The van der Waals surface area contributed by atoms with E-state index in [1.807, 2.05) is 13.0 Å². The van der Waals surface area contributed by atoms with Gasteiger partial charge in [0.25, 0.3) is 0 Å². The molecule has 0 aliphatic rings. The van der Waals surface area contributed by atoms with E-state index in [1.54, 1.807) is 19.3 Å². The number of carboxylic acid groups (broad SMARTS) is 1. The fourth-order valence-electron chi connectivity index (χ4n) is 1.47. The molecular weight excluding hydrogens is 180 g/mol. The first kappa shape index (κ1) is 10.7. The molecule has 1 aromatic heterocycles. The number of rotatable bonds is 3.